The van der Waals surface area contributed by atoms with Gasteiger partial charge in [-0.1, -0.05) is 0 Å². The first-order valence-corrected chi connectivity index (χ1v) is 9.37. The summed E-state index contributed by atoms with van der Waals surface area (Å²) in [6, 6.07) is 0.103. The monoisotopic (exact) mass is 322 g/mol. The average molecular weight is 322 g/mol. The van der Waals surface area contributed by atoms with E-state index in [4.69, 9.17) is 30.3 Å². The molecule has 2 rings (SSSR count). The van der Waals surface area contributed by atoms with Crippen LogP contribution in [-0.2, 0) is 30.3 Å². The molecule has 0 aromatic rings. The molecule has 7 atom stereocenters. The Kier molecular flexibility index (Phi) is 6.50. The Labute approximate surface area is 126 Å². The molecule has 0 amide bonds. The fraction of sp³-hybridized carbons (Fsp3) is 1.00. The maximum Gasteiger partial charge on any atom is 0.176 e. The van der Waals surface area contributed by atoms with Crippen molar-refractivity contribution < 1.29 is 28.7 Å². The average Bonchev–Trinajstić information content (AvgIpc) is 2.89. The summed E-state index contributed by atoms with van der Waals surface area (Å²) in [4.78, 5) is 0. The highest BCUT2D eigenvalue weighted by Crippen LogP contribution is 2.34. The number of hydrogen-bond acceptors (Lipinski definition) is 7. The third-order valence-corrected chi connectivity index (χ3v) is 5.13. The second kappa shape index (κ2) is 7.70. The molecule has 0 bridgehead atoms. The van der Waals surface area contributed by atoms with Gasteiger partial charge in [0.05, 0.1) is 25.4 Å². The Bertz CT molecular complexity index is 352. The summed E-state index contributed by atoms with van der Waals surface area (Å²) in [7, 11) is 1.99. The first-order chi connectivity index (χ1) is 9.49. The summed E-state index contributed by atoms with van der Waals surface area (Å²) in [5.74, 6) is 0. The largest absolute Gasteiger partial charge is 0.394 e. The van der Waals surface area contributed by atoms with Crippen LogP contribution in [0.15, 0.2) is 0 Å². The second-order valence-electron chi connectivity index (χ2n) is 5.41. The van der Waals surface area contributed by atoms with Gasteiger partial charge in [0.2, 0.25) is 0 Å². The van der Waals surface area contributed by atoms with Gasteiger partial charge in [-0.15, -0.1) is 0 Å². The maximum absolute atomic E-state index is 9.75. The molecule has 3 unspecified atom stereocenters. The van der Waals surface area contributed by atoms with Crippen LogP contribution in [0.2, 0.25) is 0 Å². The summed E-state index contributed by atoms with van der Waals surface area (Å²) in [5.41, 5.74) is 0. The molecule has 2 N–H and O–H groups in total. The van der Waals surface area contributed by atoms with Crippen molar-refractivity contribution in [2.24, 2.45) is 0 Å². The molecule has 0 saturated carbocycles. The van der Waals surface area contributed by atoms with Crippen LogP contribution in [0.5, 0.6) is 0 Å². The summed E-state index contributed by atoms with van der Waals surface area (Å²) in [5, 5.41) is 19.0. The van der Waals surface area contributed by atoms with Crippen molar-refractivity contribution in [3.05, 3.63) is 0 Å². The Hall–Kier alpha value is 0.540. The Morgan fingerprint density at radius 3 is 2.45 bits per heavy atom. The van der Waals surface area contributed by atoms with Crippen LogP contribution in [0, 0.1) is 0 Å². The highest BCUT2D eigenvalue weighted by molar-refractivity contribution is 8.00. The van der Waals surface area contributed by atoms with Crippen molar-refractivity contribution in [3.8, 4) is 0 Å². The van der Waals surface area contributed by atoms with Crippen LogP contribution in [-0.4, -0.2) is 75.5 Å². The summed E-state index contributed by atoms with van der Waals surface area (Å²) >= 11 is 5.20. The van der Waals surface area contributed by atoms with Crippen LogP contribution in [0.25, 0.3) is 0 Å². The molecule has 2 saturated heterocycles. The van der Waals surface area contributed by atoms with E-state index >= 15 is 0 Å². The summed E-state index contributed by atoms with van der Waals surface area (Å²) in [6.45, 7) is 0.164. The molecule has 2 fully saturated rings. The van der Waals surface area contributed by atoms with E-state index in [1.165, 1.54) is 0 Å². The van der Waals surface area contributed by atoms with Gasteiger partial charge in [0.25, 0.3) is 0 Å². The fourth-order valence-electron chi connectivity index (χ4n) is 2.60. The number of ether oxygens (including phenoxy) is 2. The fourth-order valence-corrected chi connectivity index (χ4v) is 4.04. The number of hydrogen-bond donors (Lipinski definition) is 2. The Morgan fingerprint density at radius 1 is 1.20 bits per heavy atom. The van der Waals surface area contributed by atoms with E-state index in [9.17, 15) is 10.2 Å². The standard InChI is InChI=1S/C10H21B2O6PS/c11-9-1-5(14)8(17-9)4-15-19(20)18-6-2-10(12)16-7(6)3-13/h5-10,13-14,19H,1-4,11-12H2/t5?,6?,7-,8-,9-,10-/m1/s1. The molecule has 2 aliphatic heterocycles. The summed E-state index contributed by atoms with van der Waals surface area (Å²) < 4.78 is 22.2. The predicted octanol–water partition coefficient (Wildman–Crippen LogP) is -2.26. The highest BCUT2D eigenvalue weighted by atomic mass is 32.4. The zero-order valence-corrected chi connectivity index (χ0v) is 13.5. The molecular weight excluding hydrogens is 301 g/mol. The van der Waals surface area contributed by atoms with Crippen molar-refractivity contribution in [3.63, 3.8) is 0 Å². The third-order valence-electron chi connectivity index (χ3n) is 3.59. The van der Waals surface area contributed by atoms with Crippen molar-refractivity contribution in [2.75, 3.05) is 13.2 Å². The van der Waals surface area contributed by atoms with Crippen molar-refractivity contribution >= 4 is 34.7 Å². The smallest absolute Gasteiger partial charge is 0.176 e. The molecule has 0 aromatic heterocycles. The van der Waals surface area contributed by atoms with Gasteiger partial charge in [-0.3, -0.25) is 0 Å². The van der Waals surface area contributed by atoms with Crippen LogP contribution < -0.4 is 0 Å². The third kappa shape index (κ3) is 4.52. The SMILES string of the molecule is B[C@H]1CC(O)[C@@H](CO[PH](=S)OC2C[C@H](B)O[C@@H]2CO)O1. The zero-order chi connectivity index (χ0) is 14.7. The van der Waals surface area contributed by atoms with Crippen molar-refractivity contribution in [1.29, 1.82) is 0 Å². The van der Waals surface area contributed by atoms with Gasteiger partial charge >= 0.3 is 0 Å². The molecule has 2 aliphatic rings. The maximum atomic E-state index is 9.75. The lowest BCUT2D eigenvalue weighted by molar-refractivity contribution is -0.00790. The van der Waals surface area contributed by atoms with Crippen molar-refractivity contribution in [1.82, 2.24) is 0 Å². The molecule has 0 spiro atoms. The number of aliphatic hydroxyl groups excluding tert-OH is 2. The lowest BCUT2D eigenvalue weighted by Crippen LogP contribution is -2.27. The quantitative estimate of drug-likeness (QED) is 0.422. The van der Waals surface area contributed by atoms with Gasteiger partial charge in [-0.05, 0) is 24.6 Å². The van der Waals surface area contributed by atoms with E-state index < -0.39 is 13.3 Å². The molecule has 114 valence electrons. The van der Waals surface area contributed by atoms with Gasteiger partial charge in [-0.25, -0.2) is 0 Å². The van der Waals surface area contributed by atoms with Crippen molar-refractivity contribution in [2.45, 2.75) is 49.3 Å². The number of rotatable bonds is 6. The van der Waals surface area contributed by atoms with Crippen LogP contribution in [0.4, 0.5) is 0 Å². The van der Waals surface area contributed by atoms with E-state index in [2.05, 4.69) is 0 Å². The summed E-state index contributed by atoms with van der Waals surface area (Å²) in [6.07, 6.45) is -0.0492. The predicted molar refractivity (Wildman–Crippen MR) is 83.2 cm³/mol. The second-order valence-corrected chi connectivity index (χ2v) is 7.43. The van der Waals surface area contributed by atoms with Crippen LogP contribution in [0.1, 0.15) is 12.8 Å². The van der Waals surface area contributed by atoms with E-state index in [0.29, 0.717) is 12.8 Å². The molecule has 0 aliphatic carbocycles. The Morgan fingerprint density at radius 2 is 1.85 bits per heavy atom. The van der Waals surface area contributed by atoms with E-state index in [1.54, 1.807) is 0 Å². The molecule has 0 radical (unpaired) electrons. The van der Waals surface area contributed by atoms with E-state index in [1.807, 2.05) is 15.7 Å². The van der Waals surface area contributed by atoms with E-state index in [-0.39, 0.29) is 43.5 Å². The van der Waals surface area contributed by atoms with Crippen LogP contribution >= 0.6 is 7.15 Å². The van der Waals surface area contributed by atoms with Gasteiger partial charge in [0.15, 0.2) is 7.15 Å². The lowest BCUT2D eigenvalue weighted by atomic mass is 9.96. The molecule has 0 aromatic carbocycles. The highest BCUT2D eigenvalue weighted by Gasteiger charge is 2.35. The number of aliphatic hydroxyl groups is 2. The molecule has 2 heterocycles. The minimum absolute atomic E-state index is 0.0446. The minimum atomic E-state index is -1.86. The minimum Gasteiger partial charge on any atom is -0.394 e. The normalized spacial score (nSPS) is 42.9. The van der Waals surface area contributed by atoms with E-state index in [0.717, 1.165) is 0 Å². The molecule has 10 heteroatoms. The Balaban J connectivity index is 1.73. The van der Waals surface area contributed by atoms with Gasteiger partial charge in [0, 0.05) is 12.0 Å². The van der Waals surface area contributed by atoms with Crippen LogP contribution in [0.3, 0.4) is 0 Å². The zero-order valence-electron chi connectivity index (χ0n) is 11.7. The van der Waals surface area contributed by atoms with Gasteiger partial charge in [-0.2, -0.15) is 0 Å². The topological polar surface area (TPSA) is 77.4 Å². The molecule has 20 heavy (non-hydrogen) atoms. The van der Waals surface area contributed by atoms with Gasteiger partial charge in [0.1, 0.15) is 27.9 Å². The first kappa shape index (κ1) is 16.9. The lowest BCUT2D eigenvalue weighted by Gasteiger charge is -2.20. The van der Waals surface area contributed by atoms with Gasteiger partial charge < -0.3 is 28.7 Å². The molecular formula is C10H21B2O6PS. The first-order valence-electron chi connectivity index (χ1n) is 6.92. The molecule has 6 nitrogen and oxygen atoms in total.